The molecule has 0 aliphatic carbocycles. The molecule has 9 heteroatoms. The van der Waals surface area contributed by atoms with E-state index in [1.54, 1.807) is 18.2 Å². The van der Waals surface area contributed by atoms with Gasteiger partial charge in [0.1, 0.15) is 11.8 Å². The molecule has 3 aromatic rings. The van der Waals surface area contributed by atoms with E-state index in [-0.39, 0.29) is 5.75 Å². The van der Waals surface area contributed by atoms with Crippen LogP contribution in [0.15, 0.2) is 59.1 Å². The first-order valence-electron chi connectivity index (χ1n) is 7.68. The second-order valence-electron chi connectivity index (χ2n) is 5.52. The Morgan fingerprint density at radius 2 is 1.88 bits per heavy atom. The van der Waals surface area contributed by atoms with Crippen molar-refractivity contribution in [3.05, 3.63) is 70.2 Å². The molecule has 1 aliphatic heterocycles. The van der Waals surface area contributed by atoms with E-state index in [4.69, 9.17) is 0 Å². The average molecular weight is 420 g/mol. The maximum Gasteiger partial charge on any atom is 0.387 e. The summed E-state index contributed by atoms with van der Waals surface area (Å²) in [4.78, 5) is 0. The molecule has 26 heavy (non-hydrogen) atoms. The van der Waals surface area contributed by atoms with Gasteiger partial charge in [-0.3, -0.25) is 0 Å². The Balaban J connectivity index is 1.81. The third-order valence-corrected chi connectivity index (χ3v) is 4.46. The monoisotopic (exact) mass is 419 g/mol. The molecule has 1 atom stereocenters. The van der Waals surface area contributed by atoms with Crippen LogP contribution in [0, 0.1) is 0 Å². The number of nitrogens with one attached hydrogen (secondary N) is 1. The van der Waals surface area contributed by atoms with Gasteiger partial charge in [0.15, 0.2) is 0 Å². The molecule has 0 saturated carbocycles. The Kier molecular flexibility index (Phi) is 4.37. The van der Waals surface area contributed by atoms with E-state index >= 15 is 0 Å². The Morgan fingerprint density at radius 3 is 2.65 bits per heavy atom. The number of fused-ring (bicyclic) bond motifs is 1. The van der Waals surface area contributed by atoms with Crippen molar-refractivity contribution in [1.29, 1.82) is 0 Å². The maximum atomic E-state index is 12.8. The van der Waals surface area contributed by atoms with Crippen molar-refractivity contribution in [1.82, 2.24) is 20.2 Å². The molecular formula is C17H12BrF2N5O. The first kappa shape index (κ1) is 16.6. The first-order valence-corrected chi connectivity index (χ1v) is 8.47. The zero-order valence-corrected chi connectivity index (χ0v) is 14.8. The van der Waals surface area contributed by atoms with Crippen molar-refractivity contribution in [3.63, 3.8) is 0 Å². The van der Waals surface area contributed by atoms with Crippen LogP contribution in [0.5, 0.6) is 5.75 Å². The number of tetrazole rings is 1. The number of ether oxygens (including phenoxy) is 1. The minimum absolute atomic E-state index is 0.0854. The van der Waals surface area contributed by atoms with E-state index in [9.17, 15) is 8.78 Å². The topological polar surface area (TPSA) is 64.9 Å². The standard InChI is InChI=1S/C17H12BrF2N5O/c18-11-7-5-10(6-8-11)13-9-14(25-17(21-13)22-23-24-25)12-3-1-2-4-15(12)26-16(19)20/h1-9,14,16H,(H,21,22,24)/t14-/m1/s1. The second-order valence-corrected chi connectivity index (χ2v) is 6.44. The lowest BCUT2D eigenvalue weighted by molar-refractivity contribution is -0.0506. The Morgan fingerprint density at radius 1 is 1.12 bits per heavy atom. The van der Waals surface area contributed by atoms with Crippen LogP contribution in [0.25, 0.3) is 5.70 Å². The molecule has 0 spiro atoms. The van der Waals surface area contributed by atoms with Gasteiger partial charge >= 0.3 is 6.61 Å². The van der Waals surface area contributed by atoms with E-state index < -0.39 is 12.7 Å². The van der Waals surface area contributed by atoms with Gasteiger partial charge in [-0.1, -0.05) is 51.4 Å². The van der Waals surface area contributed by atoms with Crippen LogP contribution in [0.2, 0.25) is 0 Å². The molecular weight excluding hydrogens is 408 g/mol. The molecule has 132 valence electrons. The van der Waals surface area contributed by atoms with Crippen LogP contribution in [-0.4, -0.2) is 26.8 Å². The molecule has 6 nitrogen and oxygen atoms in total. The van der Waals surface area contributed by atoms with Crippen molar-refractivity contribution < 1.29 is 13.5 Å². The molecule has 1 aliphatic rings. The summed E-state index contributed by atoms with van der Waals surface area (Å²) in [6, 6.07) is 13.8. The fourth-order valence-corrected chi connectivity index (χ4v) is 3.07. The number of hydrogen-bond donors (Lipinski definition) is 1. The van der Waals surface area contributed by atoms with E-state index in [2.05, 4.69) is 41.5 Å². The van der Waals surface area contributed by atoms with E-state index in [0.717, 1.165) is 15.7 Å². The summed E-state index contributed by atoms with van der Waals surface area (Å²) >= 11 is 3.41. The Bertz CT molecular complexity index is 958. The number of para-hydroxylation sites is 1. The van der Waals surface area contributed by atoms with Crippen LogP contribution < -0.4 is 10.1 Å². The quantitative estimate of drug-likeness (QED) is 0.689. The molecule has 1 aromatic heterocycles. The van der Waals surface area contributed by atoms with Gasteiger partial charge in [0.05, 0.1) is 0 Å². The SMILES string of the molecule is FC(F)Oc1ccccc1[C@H]1C=C(c2ccc(Br)cc2)Nc2nnnn21. The van der Waals surface area contributed by atoms with Gasteiger partial charge in [-0.25, -0.2) is 0 Å². The summed E-state index contributed by atoms with van der Waals surface area (Å²) < 4.78 is 32.7. The summed E-state index contributed by atoms with van der Waals surface area (Å²) in [5, 5.41) is 14.8. The van der Waals surface area contributed by atoms with Gasteiger partial charge in [0.25, 0.3) is 0 Å². The van der Waals surface area contributed by atoms with Gasteiger partial charge in [-0.2, -0.15) is 13.5 Å². The van der Waals surface area contributed by atoms with Gasteiger partial charge in [-0.15, -0.1) is 0 Å². The number of alkyl halides is 2. The molecule has 0 amide bonds. The van der Waals surface area contributed by atoms with Crippen LogP contribution >= 0.6 is 15.9 Å². The Labute approximate surface area is 155 Å². The lowest BCUT2D eigenvalue weighted by Crippen LogP contribution is -2.21. The van der Waals surface area contributed by atoms with E-state index in [1.807, 2.05) is 30.3 Å². The molecule has 0 saturated heterocycles. The zero-order chi connectivity index (χ0) is 18.1. The number of hydrogen-bond acceptors (Lipinski definition) is 5. The summed E-state index contributed by atoms with van der Waals surface area (Å²) in [5.74, 6) is 0.504. The van der Waals surface area contributed by atoms with Crippen molar-refractivity contribution in [2.24, 2.45) is 0 Å². The van der Waals surface area contributed by atoms with Gasteiger partial charge < -0.3 is 10.1 Å². The third-order valence-electron chi connectivity index (χ3n) is 3.94. The lowest BCUT2D eigenvalue weighted by atomic mass is 10.0. The molecule has 0 radical (unpaired) electrons. The highest BCUT2D eigenvalue weighted by molar-refractivity contribution is 9.10. The lowest BCUT2D eigenvalue weighted by Gasteiger charge is -2.24. The smallest absolute Gasteiger partial charge is 0.387 e. The van der Waals surface area contributed by atoms with Crippen LogP contribution in [0.3, 0.4) is 0 Å². The fraction of sp³-hybridized carbons (Fsp3) is 0.118. The van der Waals surface area contributed by atoms with Crippen molar-refractivity contribution in [2.45, 2.75) is 12.7 Å². The first-order chi connectivity index (χ1) is 12.6. The number of benzene rings is 2. The predicted octanol–water partition coefficient (Wildman–Crippen LogP) is 4.09. The third kappa shape index (κ3) is 3.17. The molecule has 0 unspecified atom stereocenters. The number of anilines is 1. The number of nitrogens with zero attached hydrogens (tertiary/aromatic N) is 4. The van der Waals surface area contributed by atoms with Gasteiger partial charge in [0, 0.05) is 15.7 Å². The van der Waals surface area contributed by atoms with Gasteiger partial charge in [-0.05, 0) is 40.3 Å². The van der Waals surface area contributed by atoms with E-state index in [1.165, 1.54) is 10.7 Å². The molecule has 0 fully saturated rings. The number of allylic oxidation sites excluding steroid dienone is 1. The number of aromatic nitrogens is 4. The van der Waals surface area contributed by atoms with Gasteiger partial charge in [0.2, 0.25) is 5.95 Å². The summed E-state index contributed by atoms with van der Waals surface area (Å²) in [7, 11) is 0. The highest BCUT2D eigenvalue weighted by Crippen LogP contribution is 2.36. The van der Waals surface area contributed by atoms with E-state index in [0.29, 0.717) is 11.5 Å². The van der Waals surface area contributed by atoms with Crippen molar-refractivity contribution >= 4 is 27.6 Å². The summed E-state index contributed by atoms with van der Waals surface area (Å²) in [5.41, 5.74) is 2.23. The highest BCUT2D eigenvalue weighted by atomic mass is 79.9. The van der Waals surface area contributed by atoms with Crippen molar-refractivity contribution in [3.8, 4) is 5.75 Å². The highest BCUT2D eigenvalue weighted by Gasteiger charge is 2.27. The molecule has 4 rings (SSSR count). The number of halogens is 3. The Hall–Kier alpha value is -2.81. The number of rotatable bonds is 4. The molecule has 0 bridgehead atoms. The second kappa shape index (κ2) is 6.83. The largest absolute Gasteiger partial charge is 0.434 e. The minimum atomic E-state index is -2.92. The van der Waals surface area contributed by atoms with Crippen LogP contribution in [-0.2, 0) is 0 Å². The fourth-order valence-electron chi connectivity index (χ4n) is 2.80. The summed E-state index contributed by atoms with van der Waals surface area (Å²) in [6.07, 6.45) is 1.88. The maximum absolute atomic E-state index is 12.8. The average Bonchev–Trinajstić information content (AvgIpc) is 3.10. The molecule has 2 heterocycles. The normalized spacial score (nSPS) is 16.0. The minimum Gasteiger partial charge on any atom is -0.434 e. The van der Waals surface area contributed by atoms with Crippen molar-refractivity contribution in [2.75, 3.05) is 5.32 Å². The van der Waals surface area contributed by atoms with Crippen LogP contribution in [0.1, 0.15) is 17.2 Å². The van der Waals surface area contributed by atoms with Crippen LogP contribution in [0.4, 0.5) is 14.7 Å². The predicted molar refractivity (Wildman–Crippen MR) is 94.8 cm³/mol. The summed E-state index contributed by atoms with van der Waals surface area (Å²) in [6.45, 7) is -2.92. The molecule has 1 N–H and O–H groups in total. The molecule has 2 aromatic carbocycles. The zero-order valence-electron chi connectivity index (χ0n) is 13.2.